The van der Waals surface area contributed by atoms with Gasteiger partial charge in [-0.3, -0.25) is 14.6 Å². The molecule has 2 heterocycles. The lowest BCUT2D eigenvalue weighted by Crippen LogP contribution is -2.42. The number of aromatic nitrogens is 1. The van der Waals surface area contributed by atoms with Gasteiger partial charge in [-0.1, -0.05) is 32.9 Å². The van der Waals surface area contributed by atoms with Crippen molar-refractivity contribution in [2.24, 2.45) is 5.92 Å². The highest BCUT2D eigenvalue weighted by atomic mass is 16.5. The molecule has 0 atom stereocenters. The highest BCUT2D eigenvalue weighted by Crippen LogP contribution is 2.24. The zero-order chi connectivity index (χ0) is 21.6. The standard InChI is InChI=1S/C24H31N3O3/c1-24(2,3)20-6-8-21(9-7-20)30-17-22(28)26-15-18-10-13-27(14-11-18)23(29)19-5-4-12-25-16-19/h4-9,12,16,18H,10-11,13-15,17H2,1-3H3,(H,26,28). The highest BCUT2D eigenvalue weighted by Gasteiger charge is 2.24. The number of hydrogen-bond donors (Lipinski definition) is 1. The number of hydrogen-bond acceptors (Lipinski definition) is 4. The van der Waals surface area contributed by atoms with Crippen LogP contribution in [0.25, 0.3) is 0 Å². The van der Waals surface area contributed by atoms with Crippen LogP contribution < -0.4 is 10.1 Å². The van der Waals surface area contributed by atoms with E-state index in [0.29, 0.717) is 36.9 Å². The van der Waals surface area contributed by atoms with E-state index < -0.39 is 0 Å². The Morgan fingerprint density at radius 3 is 2.43 bits per heavy atom. The van der Waals surface area contributed by atoms with Crippen LogP contribution in [0.15, 0.2) is 48.8 Å². The van der Waals surface area contributed by atoms with Crippen molar-refractivity contribution in [3.8, 4) is 5.75 Å². The third-order valence-corrected chi connectivity index (χ3v) is 5.49. The largest absolute Gasteiger partial charge is 0.484 e. The number of piperidine rings is 1. The number of nitrogens with one attached hydrogen (secondary N) is 1. The summed E-state index contributed by atoms with van der Waals surface area (Å²) in [4.78, 5) is 30.5. The smallest absolute Gasteiger partial charge is 0.257 e. The summed E-state index contributed by atoms with van der Waals surface area (Å²) < 4.78 is 5.60. The van der Waals surface area contributed by atoms with Crippen LogP contribution in [0.4, 0.5) is 0 Å². The van der Waals surface area contributed by atoms with Crippen molar-refractivity contribution in [2.75, 3.05) is 26.2 Å². The molecule has 160 valence electrons. The van der Waals surface area contributed by atoms with Crippen LogP contribution >= 0.6 is 0 Å². The number of ether oxygens (including phenoxy) is 1. The van der Waals surface area contributed by atoms with Crippen LogP contribution in [-0.2, 0) is 10.2 Å². The average molecular weight is 410 g/mol. The molecule has 1 aliphatic heterocycles. The highest BCUT2D eigenvalue weighted by molar-refractivity contribution is 5.93. The van der Waals surface area contributed by atoms with Gasteiger partial charge in [0.1, 0.15) is 5.75 Å². The Balaban J connectivity index is 1.36. The van der Waals surface area contributed by atoms with E-state index in [2.05, 4.69) is 31.1 Å². The molecule has 0 aliphatic carbocycles. The number of rotatable bonds is 6. The minimum absolute atomic E-state index is 0.00715. The van der Waals surface area contributed by atoms with Crippen molar-refractivity contribution >= 4 is 11.8 Å². The van der Waals surface area contributed by atoms with Crippen molar-refractivity contribution < 1.29 is 14.3 Å². The first kappa shape index (κ1) is 21.8. The summed E-state index contributed by atoms with van der Waals surface area (Å²) in [5.74, 6) is 0.971. The Morgan fingerprint density at radius 2 is 1.83 bits per heavy atom. The van der Waals surface area contributed by atoms with Crippen LogP contribution in [0.2, 0.25) is 0 Å². The fraction of sp³-hybridized carbons (Fsp3) is 0.458. The van der Waals surface area contributed by atoms with Crippen molar-refractivity contribution in [3.63, 3.8) is 0 Å². The van der Waals surface area contributed by atoms with Crippen molar-refractivity contribution in [1.82, 2.24) is 15.2 Å². The molecular formula is C24H31N3O3. The molecule has 0 bridgehead atoms. The molecule has 6 heteroatoms. The Kier molecular flexibility index (Phi) is 7.08. The van der Waals surface area contributed by atoms with Gasteiger partial charge in [-0.25, -0.2) is 0 Å². The van der Waals surface area contributed by atoms with Crippen molar-refractivity contribution in [2.45, 2.75) is 39.0 Å². The first-order valence-corrected chi connectivity index (χ1v) is 10.5. The first-order chi connectivity index (χ1) is 14.3. The lowest BCUT2D eigenvalue weighted by atomic mass is 9.87. The fourth-order valence-corrected chi connectivity index (χ4v) is 3.52. The molecule has 0 radical (unpaired) electrons. The predicted molar refractivity (Wildman–Crippen MR) is 117 cm³/mol. The number of benzene rings is 1. The van der Waals surface area contributed by atoms with E-state index in [1.807, 2.05) is 29.2 Å². The van der Waals surface area contributed by atoms with Gasteiger partial charge in [-0.15, -0.1) is 0 Å². The van der Waals surface area contributed by atoms with Gasteiger partial charge in [0.25, 0.3) is 11.8 Å². The Hall–Kier alpha value is -2.89. The molecule has 1 aromatic carbocycles. The van der Waals surface area contributed by atoms with Crippen molar-refractivity contribution in [3.05, 3.63) is 59.9 Å². The third-order valence-electron chi connectivity index (χ3n) is 5.49. The summed E-state index contributed by atoms with van der Waals surface area (Å²) in [7, 11) is 0. The molecule has 6 nitrogen and oxygen atoms in total. The van der Waals surface area contributed by atoms with Gasteiger partial charge in [0.05, 0.1) is 5.56 Å². The van der Waals surface area contributed by atoms with E-state index in [4.69, 9.17) is 4.74 Å². The molecule has 0 saturated carbocycles. The molecular weight excluding hydrogens is 378 g/mol. The monoisotopic (exact) mass is 409 g/mol. The summed E-state index contributed by atoms with van der Waals surface area (Å²) in [5.41, 5.74) is 1.94. The molecule has 1 fully saturated rings. The third kappa shape index (κ3) is 6.05. The normalized spacial score (nSPS) is 15.0. The molecule has 0 unspecified atom stereocenters. The van der Waals surface area contributed by atoms with Crippen LogP contribution in [0, 0.1) is 5.92 Å². The maximum Gasteiger partial charge on any atom is 0.257 e. The summed E-state index contributed by atoms with van der Waals surface area (Å²) in [6.45, 7) is 8.50. The second-order valence-electron chi connectivity index (χ2n) is 8.84. The van der Waals surface area contributed by atoms with Gasteiger partial charge in [0.15, 0.2) is 6.61 Å². The maximum absolute atomic E-state index is 12.5. The molecule has 2 aromatic rings. The van der Waals surface area contributed by atoms with Gasteiger partial charge in [0, 0.05) is 32.0 Å². The van der Waals surface area contributed by atoms with E-state index in [-0.39, 0.29) is 23.8 Å². The second kappa shape index (κ2) is 9.74. The summed E-state index contributed by atoms with van der Waals surface area (Å²) in [5, 5.41) is 2.96. The first-order valence-electron chi connectivity index (χ1n) is 10.5. The van der Waals surface area contributed by atoms with Gasteiger partial charge in [0.2, 0.25) is 0 Å². The lowest BCUT2D eigenvalue weighted by Gasteiger charge is -2.32. The molecule has 1 saturated heterocycles. The zero-order valence-corrected chi connectivity index (χ0v) is 18.1. The Bertz CT molecular complexity index is 836. The van der Waals surface area contributed by atoms with Crippen LogP contribution in [-0.4, -0.2) is 47.9 Å². The van der Waals surface area contributed by atoms with E-state index >= 15 is 0 Å². The van der Waals surface area contributed by atoms with E-state index in [9.17, 15) is 9.59 Å². The molecule has 2 amide bonds. The van der Waals surface area contributed by atoms with Crippen LogP contribution in [0.3, 0.4) is 0 Å². The van der Waals surface area contributed by atoms with E-state index in [1.165, 1.54) is 5.56 Å². The molecule has 30 heavy (non-hydrogen) atoms. The number of pyridine rings is 1. The molecule has 1 aliphatic rings. The number of likely N-dealkylation sites (tertiary alicyclic amines) is 1. The zero-order valence-electron chi connectivity index (χ0n) is 18.1. The molecule has 1 N–H and O–H groups in total. The van der Waals surface area contributed by atoms with Gasteiger partial charge in [-0.05, 0) is 54.0 Å². The Labute approximate surface area is 178 Å². The second-order valence-corrected chi connectivity index (χ2v) is 8.84. The number of nitrogens with zero attached hydrogens (tertiary/aromatic N) is 2. The number of amides is 2. The number of carbonyl (C=O) groups is 2. The molecule has 1 aromatic heterocycles. The van der Waals surface area contributed by atoms with Crippen LogP contribution in [0.1, 0.15) is 49.5 Å². The number of carbonyl (C=O) groups excluding carboxylic acids is 2. The van der Waals surface area contributed by atoms with Crippen LogP contribution in [0.5, 0.6) is 5.75 Å². The summed E-state index contributed by atoms with van der Waals surface area (Å²) in [6.07, 6.45) is 5.02. The predicted octanol–water partition coefficient (Wildman–Crippen LogP) is 3.43. The van der Waals surface area contributed by atoms with Gasteiger partial charge < -0.3 is 15.0 Å². The van der Waals surface area contributed by atoms with E-state index in [0.717, 1.165) is 12.8 Å². The minimum atomic E-state index is -0.122. The van der Waals surface area contributed by atoms with E-state index in [1.54, 1.807) is 24.5 Å². The minimum Gasteiger partial charge on any atom is -0.484 e. The molecule has 0 spiro atoms. The van der Waals surface area contributed by atoms with Crippen molar-refractivity contribution in [1.29, 1.82) is 0 Å². The quantitative estimate of drug-likeness (QED) is 0.794. The summed E-state index contributed by atoms with van der Waals surface area (Å²) in [6, 6.07) is 11.4. The molecule has 3 rings (SSSR count). The topological polar surface area (TPSA) is 71.5 Å². The van der Waals surface area contributed by atoms with Gasteiger partial charge in [-0.2, -0.15) is 0 Å². The van der Waals surface area contributed by atoms with Gasteiger partial charge >= 0.3 is 0 Å². The fourth-order valence-electron chi connectivity index (χ4n) is 3.52. The summed E-state index contributed by atoms with van der Waals surface area (Å²) >= 11 is 0. The SMILES string of the molecule is CC(C)(C)c1ccc(OCC(=O)NCC2CCN(C(=O)c3cccnc3)CC2)cc1. The maximum atomic E-state index is 12.5. The Morgan fingerprint density at radius 1 is 1.13 bits per heavy atom. The lowest BCUT2D eigenvalue weighted by molar-refractivity contribution is -0.123. The average Bonchev–Trinajstić information content (AvgIpc) is 2.76.